The first kappa shape index (κ1) is 20.8. The molecule has 2 aromatic rings. The van der Waals surface area contributed by atoms with Gasteiger partial charge >= 0.3 is 0 Å². The van der Waals surface area contributed by atoms with Crippen molar-refractivity contribution >= 4 is 52.5 Å². The number of hydrogen-bond acceptors (Lipinski definition) is 4. The van der Waals surface area contributed by atoms with Gasteiger partial charge < -0.3 is 15.5 Å². The maximum atomic E-state index is 12.9. The van der Waals surface area contributed by atoms with Crippen LogP contribution in [0.3, 0.4) is 0 Å². The number of carbonyl (C=O) groups is 3. The molecule has 6 nitrogen and oxygen atoms in total. The van der Waals surface area contributed by atoms with E-state index in [9.17, 15) is 14.4 Å². The molecule has 0 aromatic heterocycles. The number of thioether (sulfide) groups is 1. The first-order valence-electron chi connectivity index (χ1n) is 9.85. The molecule has 1 saturated heterocycles. The number of para-hydroxylation sites is 1. The molecule has 0 saturated carbocycles. The lowest BCUT2D eigenvalue weighted by Crippen LogP contribution is -2.48. The molecule has 2 heterocycles. The predicted octanol–water partition coefficient (Wildman–Crippen LogP) is 3.94. The Morgan fingerprint density at radius 3 is 2.63 bits per heavy atom. The van der Waals surface area contributed by atoms with Gasteiger partial charge in [0.1, 0.15) is 0 Å². The summed E-state index contributed by atoms with van der Waals surface area (Å²) >= 11 is 7.41. The molecule has 2 aliphatic heterocycles. The van der Waals surface area contributed by atoms with Crippen LogP contribution in [0.5, 0.6) is 0 Å². The van der Waals surface area contributed by atoms with Crippen LogP contribution in [0.25, 0.3) is 0 Å². The molecule has 2 aliphatic rings. The SMILES string of the molecule is Cc1ccc(NC(=O)C2CCN(C(=O)C3Sc4ccccc4NC3=O)CC2)cc1Cl. The van der Waals surface area contributed by atoms with Crippen LogP contribution in [0, 0.1) is 12.8 Å². The summed E-state index contributed by atoms with van der Waals surface area (Å²) in [6, 6.07) is 12.9. The third-order valence-electron chi connectivity index (χ3n) is 5.47. The number of benzene rings is 2. The van der Waals surface area contributed by atoms with Crippen molar-refractivity contribution in [3.05, 3.63) is 53.1 Å². The molecule has 1 atom stereocenters. The Bertz CT molecular complexity index is 1000. The zero-order valence-corrected chi connectivity index (χ0v) is 18.1. The number of hydrogen-bond donors (Lipinski definition) is 2. The van der Waals surface area contributed by atoms with Crippen LogP contribution in [0.1, 0.15) is 18.4 Å². The quantitative estimate of drug-likeness (QED) is 0.704. The Morgan fingerprint density at radius 2 is 1.90 bits per heavy atom. The Balaban J connectivity index is 1.34. The highest BCUT2D eigenvalue weighted by atomic mass is 35.5. The number of piperidine rings is 1. The first-order valence-corrected chi connectivity index (χ1v) is 11.1. The summed E-state index contributed by atoms with van der Waals surface area (Å²) < 4.78 is 0. The van der Waals surface area contributed by atoms with E-state index in [4.69, 9.17) is 11.6 Å². The molecule has 1 unspecified atom stereocenters. The number of amides is 3. The lowest BCUT2D eigenvalue weighted by Gasteiger charge is -2.34. The highest BCUT2D eigenvalue weighted by Gasteiger charge is 2.37. The summed E-state index contributed by atoms with van der Waals surface area (Å²) in [6.45, 7) is 2.82. The number of halogens is 1. The van der Waals surface area contributed by atoms with E-state index < -0.39 is 5.25 Å². The number of nitrogens with one attached hydrogen (secondary N) is 2. The molecule has 0 bridgehead atoms. The molecule has 0 spiro atoms. The molecular weight excluding hydrogens is 422 g/mol. The van der Waals surface area contributed by atoms with Crippen molar-refractivity contribution < 1.29 is 14.4 Å². The van der Waals surface area contributed by atoms with Gasteiger partial charge in [-0.2, -0.15) is 0 Å². The highest BCUT2D eigenvalue weighted by molar-refractivity contribution is 8.01. The number of aryl methyl sites for hydroxylation is 1. The Hall–Kier alpha value is -2.51. The van der Waals surface area contributed by atoms with Crippen molar-refractivity contribution in [2.45, 2.75) is 29.9 Å². The van der Waals surface area contributed by atoms with Crippen LogP contribution >= 0.6 is 23.4 Å². The van der Waals surface area contributed by atoms with Gasteiger partial charge in [-0.1, -0.05) is 29.8 Å². The van der Waals surface area contributed by atoms with Gasteiger partial charge in [-0.25, -0.2) is 0 Å². The second-order valence-electron chi connectivity index (χ2n) is 7.54. The molecule has 2 aromatic carbocycles. The average Bonchev–Trinajstić information content (AvgIpc) is 2.75. The van der Waals surface area contributed by atoms with Gasteiger partial charge in [0, 0.05) is 34.6 Å². The minimum Gasteiger partial charge on any atom is -0.341 e. The maximum absolute atomic E-state index is 12.9. The Morgan fingerprint density at radius 1 is 1.17 bits per heavy atom. The van der Waals surface area contributed by atoms with Gasteiger partial charge in [0.25, 0.3) is 0 Å². The molecule has 0 aliphatic carbocycles. The highest BCUT2D eigenvalue weighted by Crippen LogP contribution is 2.36. The molecule has 30 heavy (non-hydrogen) atoms. The summed E-state index contributed by atoms with van der Waals surface area (Å²) in [5, 5.41) is 5.54. The summed E-state index contributed by atoms with van der Waals surface area (Å²) in [5.74, 6) is -0.737. The van der Waals surface area contributed by atoms with Crippen molar-refractivity contribution in [1.82, 2.24) is 4.90 Å². The van der Waals surface area contributed by atoms with E-state index in [-0.39, 0.29) is 23.6 Å². The number of carbonyl (C=O) groups excluding carboxylic acids is 3. The maximum Gasteiger partial charge on any atom is 0.247 e. The van der Waals surface area contributed by atoms with E-state index in [0.717, 1.165) is 16.1 Å². The standard InChI is InChI=1S/C22H22ClN3O3S/c1-13-6-7-15(12-16(13)23)24-20(27)14-8-10-26(11-9-14)22(29)19-21(28)25-17-4-2-3-5-18(17)30-19/h2-7,12,14,19H,8-11H2,1H3,(H,24,27)(H,25,28). The monoisotopic (exact) mass is 443 g/mol. The van der Waals surface area contributed by atoms with E-state index in [2.05, 4.69) is 10.6 Å². The van der Waals surface area contributed by atoms with Gasteiger partial charge in [-0.3, -0.25) is 14.4 Å². The molecule has 156 valence electrons. The van der Waals surface area contributed by atoms with Crippen molar-refractivity contribution in [3.63, 3.8) is 0 Å². The van der Waals surface area contributed by atoms with E-state index in [1.807, 2.05) is 43.3 Å². The first-order chi connectivity index (χ1) is 14.4. The lowest BCUT2D eigenvalue weighted by molar-refractivity contribution is -0.136. The van der Waals surface area contributed by atoms with E-state index in [1.54, 1.807) is 11.0 Å². The van der Waals surface area contributed by atoms with Gasteiger partial charge in [-0.15, -0.1) is 11.8 Å². The fourth-order valence-corrected chi connectivity index (χ4v) is 4.91. The van der Waals surface area contributed by atoms with Gasteiger partial charge in [0.2, 0.25) is 17.7 Å². The van der Waals surface area contributed by atoms with E-state index >= 15 is 0 Å². The Kier molecular flexibility index (Phi) is 6.01. The zero-order chi connectivity index (χ0) is 21.3. The number of fused-ring (bicyclic) bond motifs is 1. The summed E-state index contributed by atoms with van der Waals surface area (Å²) in [7, 11) is 0. The van der Waals surface area contributed by atoms with Crippen LogP contribution in [0.4, 0.5) is 11.4 Å². The molecule has 0 radical (unpaired) electrons. The van der Waals surface area contributed by atoms with Crippen molar-refractivity contribution in [3.8, 4) is 0 Å². The summed E-state index contributed by atoms with van der Waals surface area (Å²) in [6.07, 6.45) is 1.12. The minimum absolute atomic E-state index is 0.0688. The molecule has 4 rings (SSSR count). The fraction of sp³-hybridized carbons (Fsp3) is 0.318. The van der Waals surface area contributed by atoms with Crippen LogP contribution in [0.15, 0.2) is 47.4 Å². The largest absolute Gasteiger partial charge is 0.341 e. The van der Waals surface area contributed by atoms with Crippen molar-refractivity contribution in [2.75, 3.05) is 23.7 Å². The normalized spacial score (nSPS) is 19.1. The van der Waals surface area contributed by atoms with Crippen LogP contribution in [0.2, 0.25) is 5.02 Å². The summed E-state index contributed by atoms with van der Waals surface area (Å²) in [5.41, 5.74) is 2.36. The molecule has 2 N–H and O–H groups in total. The number of rotatable bonds is 3. The van der Waals surface area contributed by atoms with Gasteiger partial charge in [0.15, 0.2) is 5.25 Å². The lowest BCUT2D eigenvalue weighted by atomic mass is 9.95. The van der Waals surface area contributed by atoms with Crippen LogP contribution in [-0.2, 0) is 14.4 Å². The fourth-order valence-electron chi connectivity index (χ4n) is 3.66. The third-order valence-corrected chi connectivity index (χ3v) is 7.14. The third kappa shape index (κ3) is 4.32. The average molecular weight is 444 g/mol. The van der Waals surface area contributed by atoms with Crippen molar-refractivity contribution in [1.29, 1.82) is 0 Å². The summed E-state index contributed by atoms with van der Waals surface area (Å²) in [4.78, 5) is 40.5. The zero-order valence-electron chi connectivity index (χ0n) is 16.5. The van der Waals surface area contributed by atoms with Gasteiger partial charge in [-0.05, 0) is 49.6 Å². The second kappa shape index (κ2) is 8.70. The van der Waals surface area contributed by atoms with E-state index in [0.29, 0.717) is 36.6 Å². The number of nitrogens with zero attached hydrogens (tertiary/aromatic N) is 1. The smallest absolute Gasteiger partial charge is 0.247 e. The van der Waals surface area contributed by atoms with Crippen LogP contribution < -0.4 is 10.6 Å². The second-order valence-corrected chi connectivity index (χ2v) is 9.09. The van der Waals surface area contributed by atoms with E-state index in [1.165, 1.54) is 11.8 Å². The molecule has 8 heteroatoms. The van der Waals surface area contributed by atoms with Crippen molar-refractivity contribution in [2.24, 2.45) is 5.92 Å². The molecule has 3 amide bonds. The topological polar surface area (TPSA) is 78.5 Å². The Labute approximate surface area is 184 Å². The molecule has 1 fully saturated rings. The minimum atomic E-state index is -0.792. The molecular formula is C22H22ClN3O3S. The number of anilines is 2. The number of likely N-dealkylation sites (tertiary alicyclic amines) is 1. The van der Waals surface area contributed by atoms with Gasteiger partial charge in [0.05, 0.1) is 5.69 Å². The van der Waals surface area contributed by atoms with Crippen LogP contribution in [-0.4, -0.2) is 41.0 Å². The predicted molar refractivity (Wildman–Crippen MR) is 119 cm³/mol.